The second-order valence-corrected chi connectivity index (χ2v) is 8.03. The largest absolute Gasteiger partial charge is 0.285 e. The summed E-state index contributed by atoms with van der Waals surface area (Å²) < 4.78 is 26.3. The fourth-order valence-corrected chi connectivity index (χ4v) is 4.81. The van der Waals surface area contributed by atoms with Crippen LogP contribution >= 0.6 is 0 Å². The van der Waals surface area contributed by atoms with Crippen molar-refractivity contribution in [2.45, 2.75) is 38.6 Å². The first-order valence-corrected chi connectivity index (χ1v) is 9.27. The van der Waals surface area contributed by atoms with Crippen molar-refractivity contribution in [3.63, 3.8) is 0 Å². The molecule has 2 heterocycles. The van der Waals surface area contributed by atoms with Crippen LogP contribution in [0.15, 0.2) is 29.3 Å². The second-order valence-electron chi connectivity index (χ2n) is 6.02. The standard InChI is InChI=1S/C16H22N2O2S/c1-13-4-6-14(7-5-13)16-9-8-15(17-16)12-21(19,20)18-10-2-3-11-18/h4-7,15H,2-3,8-12H2,1H3. The molecule has 1 unspecified atom stereocenters. The number of nitrogens with zero attached hydrogens (tertiary/aromatic N) is 2. The van der Waals surface area contributed by atoms with Gasteiger partial charge < -0.3 is 0 Å². The molecular formula is C16H22N2O2S. The molecule has 0 bridgehead atoms. The van der Waals surface area contributed by atoms with Crippen molar-refractivity contribution in [3.8, 4) is 0 Å². The van der Waals surface area contributed by atoms with Gasteiger partial charge in [-0.05, 0) is 38.2 Å². The molecule has 21 heavy (non-hydrogen) atoms. The maximum absolute atomic E-state index is 12.3. The van der Waals surface area contributed by atoms with E-state index in [2.05, 4.69) is 36.2 Å². The normalized spacial score (nSPS) is 23.5. The predicted octanol–water partition coefficient (Wildman–Crippen LogP) is 2.37. The van der Waals surface area contributed by atoms with Gasteiger partial charge in [0.25, 0.3) is 0 Å². The molecule has 0 radical (unpaired) electrons. The molecule has 2 aliphatic heterocycles. The highest BCUT2D eigenvalue weighted by Gasteiger charge is 2.30. The van der Waals surface area contributed by atoms with Gasteiger partial charge in [0.05, 0.1) is 11.8 Å². The monoisotopic (exact) mass is 306 g/mol. The van der Waals surface area contributed by atoms with Crippen molar-refractivity contribution >= 4 is 15.7 Å². The Bertz CT molecular complexity index is 629. The van der Waals surface area contributed by atoms with E-state index in [0.29, 0.717) is 13.1 Å². The van der Waals surface area contributed by atoms with Gasteiger partial charge in [0.1, 0.15) is 0 Å². The van der Waals surface area contributed by atoms with Crippen LogP contribution in [0.25, 0.3) is 0 Å². The lowest BCUT2D eigenvalue weighted by molar-refractivity contribution is 0.472. The van der Waals surface area contributed by atoms with Crippen molar-refractivity contribution in [1.82, 2.24) is 4.31 Å². The zero-order chi connectivity index (χ0) is 14.9. The van der Waals surface area contributed by atoms with E-state index in [4.69, 9.17) is 0 Å². The van der Waals surface area contributed by atoms with E-state index < -0.39 is 10.0 Å². The fourth-order valence-electron chi connectivity index (χ4n) is 3.05. The lowest BCUT2D eigenvalue weighted by Crippen LogP contribution is -2.33. The highest BCUT2D eigenvalue weighted by atomic mass is 32.2. The van der Waals surface area contributed by atoms with Gasteiger partial charge in [0.15, 0.2) is 0 Å². The highest BCUT2D eigenvalue weighted by Crippen LogP contribution is 2.22. The van der Waals surface area contributed by atoms with Crippen LogP contribution in [0.2, 0.25) is 0 Å². The first-order valence-electron chi connectivity index (χ1n) is 7.66. The molecule has 0 N–H and O–H groups in total. The molecular weight excluding hydrogens is 284 g/mol. The molecule has 1 atom stereocenters. The lowest BCUT2D eigenvalue weighted by Gasteiger charge is -2.17. The minimum Gasteiger partial charge on any atom is -0.285 e. The summed E-state index contributed by atoms with van der Waals surface area (Å²) in [4.78, 5) is 4.66. The minimum absolute atomic E-state index is 0.0769. The highest BCUT2D eigenvalue weighted by molar-refractivity contribution is 7.89. The minimum atomic E-state index is -3.13. The first kappa shape index (κ1) is 14.7. The Balaban J connectivity index is 1.69. The molecule has 0 aliphatic carbocycles. The number of benzene rings is 1. The van der Waals surface area contributed by atoms with Crippen LogP contribution in [0.5, 0.6) is 0 Å². The van der Waals surface area contributed by atoms with Gasteiger partial charge in [0.2, 0.25) is 10.0 Å². The van der Waals surface area contributed by atoms with Crippen molar-refractivity contribution < 1.29 is 8.42 Å². The number of sulfonamides is 1. The van der Waals surface area contributed by atoms with Gasteiger partial charge in [-0.3, -0.25) is 4.99 Å². The lowest BCUT2D eigenvalue weighted by atomic mass is 10.1. The molecule has 1 fully saturated rings. The number of hydrogen-bond acceptors (Lipinski definition) is 3. The van der Waals surface area contributed by atoms with E-state index in [0.717, 1.165) is 37.0 Å². The van der Waals surface area contributed by atoms with E-state index in [1.807, 2.05) is 0 Å². The van der Waals surface area contributed by atoms with Gasteiger partial charge >= 0.3 is 0 Å². The van der Waals surface area contributed by atoms with E-state index >= 15 is 0 Å². The summed E-state index contributed by atoms with van der Waals surface area (Å²) in [5.74, 6) is 0.169. The van der Waals surface area contributed by atoms with Gasteiger partial charge in [0, 0.05) is 18.8 Å². The number of aliphatic imine (C=N–C) groups is 1. The maximum atomic E-state index is 12.3. The molecule has 0 spiro atoms. The summed E-state index contributed by atoms with van der Waals surface area (Å²) in [6, 6.07) is 8.22. The molecule has 0 aromatic heterocycles. The smallest absolute Gasteiger partial charge is 0.216 e. The Morgan fingerprint density at radius 3 is 2.52 bits per heavy atom. The van der Waals surface area contributed by atoms with E-state index in [1.165, 1.54) is 5.56 Å². The average Bonchev–Trinajstić information content (AvgIpc) is 3.10. The van der Waals surface area contributed by atoms with Crippen LogP contribution in [0.4, 0.5) is 0 Å². The third kappa shape index (κ3) is 3.35. The zero-order valence-corrected chi connectivity index (χ0v) is 13.3. The third-order valence-corrected chi connectivity index (χ3v) is 6.26. The molecule has 2 aliphatic rings. The summed E-state index contributed by atoms with van der Waals surface area (Å²) in [5, 5.41) is 0. The van der Waals surface area contributed by atoms with Gasteiger partial charge in [-0.2, -0.15) is 0 Å². The van der Waals surface area contributed by atoms with Gasteiger partial charge in [-0.15, -0.1) is 0 Å². The van der Waals surface area contributed by atoms with Gasteiger partial charge in [-0.1, -0.05) is 29.8 Å². The van der Waals surface area contributed by atoms with Crippen LogP contribution < -0.4 is 0 Å². The molecule has 1 saturated heterocycles. The molecule has 3 rings (SSSR count). The molecule has 4 nitrogen and oxygen atoms in total. The van der Waals surface area contributed by atoms with Crippen LogP contribution in [-0.4, -0.2) is 43.3 Å². The molecule has 0 saturated carbocycles. The summed E-state index contributed by atoms with van der Waals surface area (Å²) in [7, 11) is -3.13. The quantitative estimate of drug-likeness (QED) is 0.857. The third-order valence-electron chi connectivity index (χ3n) is 4.30. The molecule has 114 valence electrons. The average molecular weight is 306 g/mol. The zero-order valence-electron chi connectivity index (χ0n) is 12.5. The first-order chi connectivity index (χ1) is 10.0. The van der Waals surface area contributed by atoms with Crippen molar-refractivity contribution in [3.05, 3.63) is 35.4 Å². The van der Waals surface area contributed by atoms with Crippen LogP contribution in [0.1, 0.15) is 36.8 Å². The van der Waals surface area contributed by atoms with E-state index in [9.17, 15) is 8.42 Å². The fraction of sp³-hybridized carbons (Fsp3) is 0.562. The Hall–Kier alpha value is -1.20. The number of aryl methyl sites for hydroxylation is 1. The Morgan fingerprint density at radius 2 is 1.86 bits per heavy atom. The van der Waals surface area contributed by atoms with Crippen LogP contribution in [0.3, 0.4) is 0 Å². The maximum Gasteiger partial charge on any atom is 0.216 e. The van der Waals surface area contributed by atoms with Crippen molar-refractivity contribution in [2.24, 2.45) is 4.99 Å². The number of hydrogen-bond donors (Lipinski definition) is 0. The SMILES string of the molecule is Cc1ccc(C2=NC(CS(=O)(=O)N3CCCC3)CC2)cc1. The number of rotatable bonds is 4. The Kier molecular flexibility index (Phi) is 4.13. The molecule has 1 aromatic carbocycles. The van der Waals surface area contributed by atoms with Crippen LogP contribution in [0, 0.1) is 6.92 Å². The van der Waals surface area contributed by atoms with E-state index in [1.54, 1.807) is 4.31 Å². The summed E-state index contributed by atoms with van der Waals surface area (Å²) >= 11 is 0. The molecule has 1 aromatic rings. The van der Waals surface area contributed by atoms with Gasteiger partial charge in [-0.25, -0.2) is 12.7 Å². The predicted molar refractivity (Wildman–Crippen MR) is 85.3 cm³/mol. The summed E-state index contributed by atoms with van der Waals surface area (Å²) in [6.45, 7) is 3.43. The molecule has 5 heteroatoms. The summed E-state index contributed by atoms with van der Waals surface area (Å²) in [6.07, 6.45) is 3.70. The second kappa shape index (κ2) is 5.89. The molecule has 0 amide bonds. The Labute approximate surface area is 126 Å². The van der Waals surface area contributed by atoms with Crippen LogP contribution in [-0.2, 0) is 10.0 Å². The summed E-state index contributed by atoms with van der Waals surface area (Å²) in [5.41, 5.74) is 3.41. The van der Waals surface area contributed by atoms with E-state index in [-0.39, 0.29) is 11.8 Å². The van der Waals surface area contributed by atoms with Crippen molar-refractivity contribution in [1.29, 1.82) is 0 Å². The van der Waals surface area contributed by atoms with Crippen molar-refractivity contribution in [2.75, 3.05) is 18.8 Å². The Morgan fingerprint density at radius 1 is 1.19 bits per heavy atom. The topological polar surface area (TPSA) is 49.7 Å².